The molecule has 29 heavy (non-hydrogen) atoms. The molecule has 0 saturated carbocycles. The number of nitrogens with zero attached hydrogens (tertiary/aromatic N) is 1. The van der Waals surface area contributed by atoms with Crippen molar-refractivity contribution in [1.29, 1.82) is 0 Å². The van der Waals surface area contributed by atoms with Gasteiger partial charge in [-0.3, -0.25) is 9.10 Å². The van der Waals surface area contributed by atoms with Crippen LogP contribution in [0.2, 0.25) is 10.0 Å². The van der Waals surface area contributed by atoms with E-state index in [1.807, 2.05) is 0 Å². The lowest BCUT2D eigenvalue weighted by Crippen LogP contribution is -2.38. The molecule has 0 fully saturated rings. The molecule has 0 heterocycles. The molecule has 3 aromatic carbocycles. The van der Waals surface area contributed by atoms with Gasteiger partial charge < -0.3 is 5.32 Å². The van der Waals surface area contributed by atoms with E-state index in [9.17, 15) is 17.6 Å². The van der Waals surface area contributed by atoms with E-state index in [0.29, 0.717) is 5.02 Å². The second-order valence-corrected chi connectivity index (χ2v) is 8.68. The summed E-state index contributed by atoms with van der Waals surface area (Å²) in [6, 6.07) is 17.0. The summed E-state index contributed by atoms with van der Waals surface area (Å²) in [4.78, 5) is 12.6. The highest BCUT2D eigenvalue weighted by molar-refractivity contribution is 7.92. The molecule has 0 aliphatic rings. The lowest BCUT2D eigenvalue weighted by molar-refractivity contribution is -0.114. The largest absolute Gasteiger partial charge is 0.323 e. The van der Waals surface area contributed by atoms with Crippen LogP contribution in [0, 0.1) is 5.82 Å². The lowest BCUT2D eigenvalue weighted by Gasteiger charge is -2.24. The molecule has 9 heteroatoms. The summed E-state index contributed by atoms with van der Waals surface area (Å²) >= 11 is 11.9. The van der Waals surface area contributed by atoms with Gasteiger partial charge in [0.05, 0.1) is 21.3 Å². The molecular weight excluding hydrogens is 438 g/mol. The zero-order valence-corrected chi connectivity index (χ0v) is 17.2. The molecule has 0 aliphatic carbocycles. The third kappa shape index (κ3) is 5.06. The van der Waals surface area contributed by atoms with Crippen LogP contribution in [0.1, 0.15) is 0 Å². The van der Waals surface area contributed by atoms with Crippen LogP contribution in [0.25, 0.3) is 0 Å². The molecule has 0 aromatic heterocycles. The first kappa shape index (κ1) is 21.1. The average molecular weight is 453 g/mol. The van der Waals surface area contributed by atoms with E-state index in [1.165, 1.54) is 36.4 Å². The Morgan fingerprint density at radius 1 is 0.966 bits per heavy atom. The first-order valence-electron chi connectivity index (χ1n) is 8.35. The van der Waals surface area contributed by atoms with Gasteiger partial charge in [0.25, 0.3) is 10.0 Å². The van der Waals surface area contributed by atoms with E-state index >= 15 is 0 Å². The minimum atomic E-state index is -4.08. The van der Waals surface area contributed by atoms with E-state index < -0.39 is 28.3 Å². The molecule has 0 radical (unpaired) electrons. The van der Waals surface area contributed by atoms with E-state index in [4.69, 9.17) is 23.2 Å². The SMILES string of the molecule is O=C(CN(c1ccc(F)cc1)S(=O)(=O)c1ccccc1)Nc1ccc(Cl)cc1Cl. The van der Waals surface area contributed by atoms with Crippen molar-refractivity contribution in [2.24, 2.45) is 0 Å². The Balaban J connectivity index is 1.93. The Kier molecular flexibility index (Phi) is 6.42. The van der Waals surface area contributed by atoms with Crippen LogP contribution in [0.15, 0.2) is 77.7 Å². The molecule has 5 nitrogen and oxygen atoms in total. The zero-order valence-electron chi connectivity index (χ0n) is 14.8. The first-order chi connectivity index (χ1) is 13.8. The van der Waals surface area contributed by atoms with Crippen molar-refractivity contribution in [3.63, 3.8) is 0 Å². The fraction of sp³-hybridized carbons (Fsp3) is 0.0500. The van der Waals surface area contributed by atoms with Crippen molar-refractivity contribution in [3.05, 3.63) is 88.7 Å². The van der Waals surface area contributed by atoms with Gasteiger partial charge in [0.2, 0.25) is 5.91 Å². The topological polar surface area (TPSA) is 66.5 Å². The van der Waals surface area contributed by atoms with Gasteiger partial charge in [0, 0.05) is 5.02 Å². The van der Waals surface area contributed by atoms with Gasteiger partial charge in [-0.2, -0.15) is 0 Å². The maximum absolute atomic E-state index is 13.3. The molecule has 0 spiro atoms. The zero-order chi connectivity index (χ0) is 21.0. The van der Waals surface area contributed by atoms with Crippen molar-refractivity contribution in [1.82, 2.24) is 0 Å². The second-order valence-electron chi connectivity index (χ2n) is 5.97. The highest BCUT2D eigenvalue weighted by atomic mass is 35.5. The van der Waals surface area contributed by atoms with Crippen molar-refractivity contribution >= 4 is 50.5 Å². The number of rotatable bonds is 6. The number of carbonyl (C=O) groups is 1. The van der Waals surface area contributed by atoms with Gasteiger partial charge in [-0.1, -0.05) is 41.4 Å². The standard InChI is InChI=1S/C20H15Cl2FN2O3S/c21-14-6-11-19(18(22)12-14)24-20(26)13-25(16-9-7-15(23)8-10-16)29(27,28)17-4-2-1-3-5-17/h1-12H,13H2,(H,24,26). The summed E-state index contributed by atoms with van der Waals surface area (Å²) in [5, 5.41) is 3.17. The average Bonchev–Trinajstić information content (AvgIpc) is 2.70. The Morgan fingerprint density at radius 3 is 2.24 bits per heavy atom. The van der Waals surface area contributed by atoms with Crippen molar-refractivity contribution in [2.75, 3.05) is 16.2 Å². The number of carbonyl (C=O) groups excluding carboxylic acids is 1. The normalized spacial score (nSPS) is 11.1. The summed E-state index contributed by atoms with van der Waals surface area (Å²) in [5.41, 5.74) is 0.435. The molecule has 3 aromatic rings. The molecular formula is C20H15Cl2FN2O3S. The summed E-state index contributed by atoms with van der Waals surface area (Å²) in [5.74, 6) is -1.15. The first-order valence-corrected chi connectivity index (χ1v) is 10.6. The summed E-state index contributed by atoms with van der Waals surface area (Å²) in [7, 11) is -4.08. The van der Waals surface area contributed by atoms with Crippen molar-refractivity contribution < 1.29 is 17.6 Å². The fourth-order valence-corrected chi connectivity index (χ4v) is 4.45. The number of hydrogen-bond donors (Lipinski definition) is 1. The molecule has 0 aliphatic heterocycles. The second kappa shape index (κ2) is 8.82. The number of halogens is 3. The highest BCUT2D eigenvalue weighted by Gasteiger charge is 2.27. The van der Waals surface area contributed by atoms with Gasteiger partial charge >= 0.3 is 0 Å². The molecule has 3 rings (SSSR count). The molecule has 1 N–H and O–H groups in total. The van der Waals surface area contributed by atoms with Crippen LogP contribution in [0.3, 0.4) is 0 Å². The Bertz CT molecular complexity index is 1120. The number of benzene rings is 3. The minimum Gasteiger partial charge on any atom is -0.323 e. The van der Waals surface area contributed by atoms with Crippen LogP contribution >= 0.6 is 23.2 Å². The third-order valence-corrected chi connectivity index (χ3v) is 6.27. The number of amides is 1. The van der Waals surface area contributed by atoms with Gasteiger partial charge in [0.1, 0.15) is 12.4 Å². The molecule has 0 bridgehead atoms. The number of hydrogen-bond acceptors (Lipinski definition) is 3. The van der Waals surface area contributed by atoms with Crippen LogP contribution < -0.4 is 9.62 Å². The maximum Gasteiger partial charge on any atom is 0.264 e. The number of sulfonamides is 1. The van der Waals surface area contributed by atoms with Crippen LogP contribution in [0.4, 0.5) is 15.8 Å². The highest BCUT2D eigenvalue weighted by Crippen LogP contribution is 2.27. The van der Waals surface area contributed by atoms with Gasteiger partial charge in [-0.25, -0.2) is 12.8 Å². The molecule has 1 amide bonds. The quantitative estimate of drug-likeness (QED) is 0.574. The predicted molar refractivity (Wildman–Crippen MR) is 112 cm³/mol. The summed E-state index contributed by atoms with van der Waals surface area (Å²) < 4.78 is 40.5. The Labute approximate surface area is 177 Å². The maximum atomic E-state index is 13.3. The van der Waals surface area contributed by atoms with Gasteiger partial charge in [-0.15, -0.1) is 0 Å². The summed E-state index contributed by atoms with van der Waals surface area (Å²) in [6.07, 6.45) is 0. The molecule has 0 saturated heterocycles. The van der Waals surface area contributed by atoms with Gasteiger partial charge in [-0.05, 0) is 54.6 Å². The van der Waals surface area contributed by atoms with Crippen molar-refractivity contribution in [3.8, 4) is 0 Å². The third-order valence-electron chi connectivity index (χ3n) is 3.94. The Morgan fingerprint density at radius 2 is 1.62 bits per heavy atom. The predicted octanol–water partition coefficient (Wildman–Crippen LogP) is 4.97. The lowest BCUT2D eigenvalue weighted by atomic mass is 10.3. The summed E-state index contributed by atoms with van der Waals surface area (Å²) in [6.45, 7) is -0.540. The van der Waals surface area contributed by atoms with Crippen LogP contribution in [-0.2, 0) is 14.8 Å². The van der Waals surface area contributed by atoms with E-state index in [0.717, 1.165) is 16.4 Å². The molecule has 0 atom stereocenters. The van der Waals surface area contributed by atoms with Gasteiger partial charge in [0.15, 0.2) is 0 Å². The van der Waals surface area contributed by atoms with Crippen molar-refractivity contribution in [2.45, 2.75) is 4.90 Å². The number of nitrogens with one attached hydrogen (secondary N) is 1. The van der Waals surface area contributed by atoms with Crippen LogP contribution in [-0.4, -0.2) is 20.9 Å². The molecule has 150 valence electrons. The monoisotopic (exact) mass is 452 g/mol. The molecule has 0 unspecified atom stereocenters. The van der Waals surface area contributed by atoms with E-state index in [1.54, 1.807) is 24.3 Å². The Hall–Kier alpha value is -2.61. The minimum absolute atomic E-state index is 0.00153. The number of anilines is 2. The van der Waals surface area contributed by atoms with E-state index in [-0.39, 0.29) is 21.3 Å². The fourth-order valence-electron chi connectivity index (χ4n) is 2.55. The smallest absolute Gasteiger partial charge is 0.264 e. The van der Waals surface area contributed by atoms with Crippen LogP contribution in [0.5, 0.6) is 0 Å². The van der Waals surface area contributed by atoms with E-state index in [2.05, 4.69) is 5.32 Å².